The average molecular weight is 197 g/mol. The molecule has 1 saturated carbocycles. The summed E-state index contributed by atoms with van der Waals surface area (Å²) in [4.78, 5) is 10.9. The normalized spacial score (nSPS) is 38.4. The number of nitrogens with one attached hydrogen (secondary N) is 1. The Morgan fingerprint density at radius 1 is 1.07 bits per heavy atom. The fraction of sp³-hybridized carbons (Fsp3) is 0.909. The van der Waals surface area contributed by atoms with Gasteiger partial charge in [-0.15, -0.1) is 0 Å². The molecule has 0 aromatic carbocycles. The fourth-order valence-corrected chi connectivity index (χ4v) is 2.89. The lowest BCUT2D eigenvalue weighted by Crippen LogP contribution is -2.45. The molecule has 3 unspecified atom stereocenters. The Kier molecular flexibility index (Phi) is 3.06. The minimum absolute atomic E-state index is 0.291. The first-order valence-corrected chi connectivity index (χ1v) is 5.76. The topological polar surface area (TPSA) is 49.3 Å². The third-order valence-corrected chi connectivity index (χ3v) is 3.69. The molecule has 0 radical (unpaired) electrons. The highest BCUT2D eigenvalue weighted by atomic mass is 16.4. The van der Waals surface area contributed by atoms with Gasteiger partial charge in [0.15, 0.2) is 0 Å². The van der Waals surface area contributed by atoms with E-state index < -0.39 is 5.97 Å². The zero-order valence-corrected chi connectivity index (χ0v) is 8.54. The van der Waals surface area contributed by atoms with Crippen LogP contribution in [0.5, 0.6) is 0 Å². The SMILES string of the molecule is O=C(O)C1CCCCC2CCCC2N1. The lowest BCUT2D eigenvalue weighted by atomic mass is 9.92. The smallest absolute Gasteiger partial charge is 0.320 e. The monoisotopic (exact) mass is 197 g/mol. The van der Waals surface area contributed by atoms with Crippen LogP contribution in [0.25, 0.3) is 0 Å². The Balaban J connectivity index is 1.99. The summed E-state index contributed by atoms with van der Waals surface area (Å²) in [5.74, 6) is 0.0784. The molecule has 1 heterocycles. The number of rotatable bonds is 1. The Bertz CT molecular complexity index is 217. The summed E-state index contributed by atoms with van der Waals surface area (Å²) in [6.45, 7) is 0. The molecule has 3 heteroatoms. The molecule has 80 valence electrons. The van der Waals surface area contributed by atoms with Crippen LogP contribution in [0.4, 0.5) is 0 Å². The van der Waals surface area contributed by atoms with Crippen LogP contribution in [0.3, 0.4) is 0 Å². The molecular weight excluding hydrogens is 178 g/mol. The van der Waals surface area contributed by atoms with Crippen LogP contribution in [-0.4, -0.2) is 23.2 Å². The molecule has 2 N–H and O–H groups in total. The molecule has 3 nitrogen and oxygen atoms in total. The van der Waals surface area contributed by atoms with Crippen LogP contribution in [0, 0.1) is 5.92 Å². The van der Waals surface area contributed by atoms with Gasteiger partial charge in [0.1, 0.15) is 6.04 Å². The summed E-state index contributed by atoms with van der Waals surface area (Å²) < 4.78 is 0. The highest BCUT2D eigenvalue weighted by Gasteiger charge is 2.32. The van der Waals surface area contributed by atoms with Gasteiger partial charge in [-0.25, -0.2) is 0 Å². The second-order valence-electron chi connectivity index (χ2n) is 4.64. The number of aliphatic carboxylic acids is 1. The number of carbonyl (C=O) groups is 1. The first kappa shape index (κ1) is 9.97. The molecule has 2 rings (SSSR count). The maximum atomic E-state index is 10.9. The van der Waals surface area contributed by atoms with Gasteiger partial charge in [-0.2, -0.15) is 0 Å². The van der Waals surface area contributed by atoms with Crippen molar-refractivity contribution in [2.24, 2.45) is 5.92 Å². The van der Waals surface area contributed by atoms with Crippen molar-refractivity contribution in [2.75, 3.05) is 0 Å². The van der Waals surface area contributed by atoms with E-state index >= 15 is 0 Å². The molecule has 0 aromatic rings. The average Bonchev–Trinajstić information content (AvgIpc) is 2.50. The van der Waals surface area contributed by atoms with E-state index in [0.29, 0.717) is 6.04 Å². The highest BCUT2D eigenvalue weighted by Crippen LogP contribution is 2.32. The van der Waals surface area contributed by atoms with Gasteiger partial charge < -0.3 is 10.4 Å². The first-order valence-electron chi connectivity index (χ1n) is 5.76. The van der Waals surface area contributed by atoms with Crippen molar-refractivity contribution in [3.63, 3.8) is 0 Å². The highest BCUT2D eigenvalue weighted by molar-refractivity contribution is 5.73. The van der Waals surface area contributed by atoms with E-state index in [4.69, 9.17) is 5.11 Å². The maximum absolute atomic E-state index is 10.9. The summed E-state index contributed by atoms with van der Waals surface area (Å²) in [6, 6.07) is 0.192. The zero-order chi connectivity index (χ0) is 9.97. The Hall–Kier alpha value is -0.570. The molecule has 1 saturated heterocycles. The van der Waals surface area contributed by atoms with Crippen molar-refractivity contribution in [3.8, 4) is 0 Å². The van der Waals surface area contributed by atoms with Crippen LogP contribution in [0.15, 0.2) is 0 Å². The number of carboxylic acid groups (broad SMARTS) is 1. The first-order chi connectivity index (χ1) is 6.77. The van der Waals surface area contributed by atoms with E-state index in [1.807, 2.05) is 0 Å². The van der Waals surface area contributed by atoms with E-state index in [2.05, 4.69) is 5.32 Å². The van der Waals surface area contributed by atoms with Gasteiger partial charge in [0, 0.05) is 6.04 Å². The third kappa shape index (κ3) is 2.08. The predicted molar refractivity (Wildman–Crippen MR) is 54.2 cm³/mol. The molecule has 3 atom stereocenters. The largest absolute Gasteiger partial charge is 0.480 e. The molecule has 0 amide bonds. The summed E-state index contributed by atoms with van der Waals surface area (Å²) >= 11 is 0. The molecule has 14 heavy (non-hydrogen) atoms. The molecule has 0 bridgehead atoms. The molecule has 2 aliphatic rings. The van der Waals surface area contributed by atoms with E-state index in [0.717, 1.165) is 18.8 Å². The minimum atomic E-state index is -0.669. The minimum Gasteiger partial charge on any atom is -0.480 e. The van der Waals surface area contributed by atoms with Gasteiger partial charge in [0.05, 0.1) is 0 Å². The van der Waals surface area contributed by atoms with Crippen LogP contribution < -0.4 is 5.32 Å². The van der Waals surface area contributed by atoms with Gasteiger partial charge in [0.2, 0.25) is 0 Å². The third-order valence-electron chi connectivity index (χ3n) is 3.69. The summed E-state index contributed by atoms with van der Waals surface area (Å²) in [6.07, 6.45) is 8.12. The van der Waals surface area contributed by atoms with E-state index in [-0.39, 0.29) is 6.04 Å². The quantitative estimate of drug-likeness (QED) is 0.673. The van der Waals surface area contributed by atoms with Crippen molar-refractivity contribution in [1.82, 2.24) is 5.32 Å². The van der Waals surface area contributed by atoms with Gasteiger partial charge in [-0.3, -0.25) is 4.79 Å². The number of hydrogen-bond acceptors (Lipinski definition) is 2. The number of carboxylic acids is 1. The van der Waals surface area contributed by atoms with E-state index in [9.17, 15) is 4.79 Å². The summed E-state index contributed by atoms with van der Waals surface area (Å²) in [7, 11) is 0. The second-order valence-corrected chi connectivity index (χ2v) is 4.64. The van der Waals surface area contributed by atoms with E-state index in [1.54, 1.807) is 0 Å². The van der Waals surface area contributed by atoms with Gasteiger partial charge in [-0.05, 0) is 31.6 Å². The predicted octanol–water partition coefficient (Wildman–Crippen LogP) is 1.77. The van der Waals surface area contributed by atoms with Crippen LogP contribution in [0.2, 0.25) is 0 Å². The van der Waals surface area contributed by atoms with Crippen molar-refractivity contribution < 1.29 is 9.90 Å². The lowest BCUT2D eigenvalue weighted by molar-refractivity contribution is -0.140. The maximum Gasteiger partial charge on any atom is 0.320 e. The molecule has 0 aromatic heterocycles. The van der Waals surface area contributed by atoms with Gasteiger partial charge in [0.25, 0.3) is 0 Å². The Morgan fingerprint density at radius 2 is 1.79 bits per heavy atom. The Labute approximate surface area is 84.9 Å². The van der Waals surface area contributed by atoms with Crippen LogP contribution in [-0.2, 0) is 4.79 Å². The Morgan fingerprint density at radius 3 is 2.57 bits per heavy atom. The fourth-order valence-electron chi connectivity index (χ4n) is 2.89. The van der Waals surface area contributed by atoms with Crippen molar-refractivity contribution in [2.45, 2.75) is 57.0 Å². The van der Waals surface area contributed by atoms with Crippen LogP contribution in [0.1, 0.15) is 44.9 Å². The molecule has 1 aliphatic carbocycles. The number of hydrogen-bond donors (Lipinski definition) is 2. The molecular formula is C11H19NO2. The zero-order valence-electron chi connectivity index (χ0n) is 8.54. The van der Waals surface area contributed by atoms with Crippen LogP contribution >= 0.6 is 0 Å². The van der Waals surface area contributed by atoms with E-state index in [1.165, 1.54) is 32.1 Å². The molecule has 2 fully saturated rings. The van der Waals surface area contributed by atoms with Gasteiger partial charge in [-0.1, -0.05) is 19.3 Å². The second kappa shape index (κ2) is 4.30. The standard InChI is InChI=1S/C11H19NO2/c13-11(14)10-6-2-1-4-8-5-3-7-9(8)12-10/h8-10,12H,1-7H2,(H,13,14). The van der Waals surface area contributed by atoms with Crippen molar-refractivity contribution in [1.29, 1.82) is 0 Å². The summed E-state index contributed by atoms with van der Waals surface area (Å²) in [5, 5.41) is 12.3. The number of fused-ring (bicyclic) bond motifs is 1. The molecule has 0 spiro atoms. The van der Waals surface area contributed by atoms with Crippen molar-refractivity contribution >= 4 is 5.97 Å². The summed E-state index contributed by atoms with van der Waals surface area (Å²) in [5.41, 5.74) is 0. The molecule has 1 aliphatic heterocycles. The lowest BCUT2D eigenvalue weighted by Gasteiger charge is -2.27. The van der Waals surface area contributed by atoms with Gasteiger partial charge >= 0.3 is 5.97 Å². The van der Waals surface area contributed by atoms with Crippen molar-refractivity contribution in [3.05, 3.63) is 0 Å².